The molecule has 1 atom stereocenters. The Morgan fingerprint density at radius 1 is 1.35 bits per heavy atom. The zero-order chi connectivity index (χ0) is 14.1. The van der Waals surface area contributed by atoms with Crippen LogP contribution in [0.4, 0.5) is 5.69 Å². The number of benzene rings is 1. The fourth-order valence-electron chi connectivity index (χ4n) is 2.29. The largest absolute Gasteiger partial charge is 0.479 e. The summed E-state index contributed by atoms with van der Waals surface area (Å²) in [6, 6.07) is 5.11. The summed E-state index contributed by atoms with van der Waals surface area (Å²) in [6.07, 6.45) is -0.511. The first-order valence-corrected chi connectivity index (χ1v) is 6.64. The molecule has 1 saturated heterocycles. The van der Waals surface area contributed by atoms with Crippen LogP contribution in [-0.4, -0.2) is 49.1 Å². The Balaban J connectivity index is 1.83. The van der Waals surface area contributed by atoms with Crippen LogP contribution < -0.4 is 10.1 Å². The number of hydrogen-bond acceptors (Lipinski definition) is 4. The maximum absolute atomic E-state index is 12.3. The molecule has 0 saturated carbocycles. The Labute approximate surface area is 116 Å². The van der Waals surface area contributed by atoms with Crippen molar-refractivity contribution < 1.29 is 19.1 Å². The van der Waals surface area contributed by atoms with Gasteiger partial charge in [-0.2, -0.15) is 0 Å². The van der Waals surface area contributed by atoms with Gasteiger partial charge in [0.25, 0.3) is 11.8 Å². The highest BCUT2D eigenvalue weighted by atomic mass is 16.5. The van der Waals surface area contributed by atoms with E-state index in [0.717, 1.165) is 0 Å². The van der Waals surface area contributed by atoms with Crippen LogP contribution in [0.3, 0.4) is 0 Å². The smallest absolute Gasteiger partial charge is 0.265 e. The van der Waals surface area contributed by atoms with Gasteiger partial charge in [0.2, 0.25) is 0 Å². The third kappa shape index (κ3) is 2.34. The zero-order valence-corrected chi connectivity index (χ0v) is 11.2. The quantitative estimate of drug-likeness (QED) is 0.826. The van der Waals surface area contributed by atoms with E-state index in [9.17, 15) is 9.59 Å². The number of hydrogen-bond donors (Lipinski definition) is 1. The van der Waals surface area contributed by atoms with Crippen molar-refractivity contribution in [2.45, 2.75) is 13.0 Å². The van der Waals surface area contributed by atoms with Gasteiger partial charge in [0.15, 0.2) is 6.10 Å². The fourth-order valence-corrected chi connectivity index (χ4v) is 2.29. The molecule has 0 aromatic heterocycles. The predicted octanol–water partition coefficient (Wildman–Crippen LogP) is 0.878. The molecular weight excluding hydrogens is 260 g/mol. The van der Waals surface area contributed by atoms with Crippen molar-refractivity contribution in [3.63, 3.8) is 0 Å². The lowest BCUT2D eigenvalue weighted by molar-refractivity contribution is -0.122. The van der Waals surface area contributed by atoms with Crippen molar-refractivity contribution in [1.82, 2.24) is 4.90 Å². The second-order valence-corrected chi connectivity index (χ2v) is 4.86. The van der Waals surface area contributed by atoms with Crippen LogP contribution in [-0.2, 0) is 9.53 Å². The molecule has 106 valence electrons. The molecule has 1 aromatic carbocycles. The molecule has 2 aliphatic rings. The number of anilines is 1. The molecular formula is C14H16N2O4. The number of rotatable bonds is 1. The molecule has 3 rings (SSSR count). The monoisotopic (exact) mass is 276 g/mol. The zero-order valence-electron chi connectivity index (χ0n) is 11.2. The number of nitrogens with zero attached hydrogens (tertiary/aromatic N) is 1. The van der Waals surface area contributed by atoms with Crippen LogP contribution in [0.15, 0.2) is 18.2 Å². The molecule has 20 heavy (non-hydrogen) atoms. The van der Waals surface area contributed by atoms with Crippen molar-refractivity contribution in [3.05, 3.63) is 23.8 Å². The van der Waals surface area contributed by atoms with Crippen molar-refractivity contribution >= 4 is 17.5 Å². The molecule has 0 spiro atoms. The molecule has 1 aromatic rings. The Morgan fingerprint density at radius 2 is 2.10 bits per heavy atom. The summed E-state index contributed by atoms with van der Waals surface area (Å²) in [7, 11) is 0. The van der Waals surface area contributed by atoms with Crippen LogP contribution in [0.5, 0.6) is 5.75 Å². The van der Waals surface area contributed by atoms with Crippen LogP contribution in [0, 0.1) is 0 Å². The van der Waals surface area contributed by atoms with Crippen LogP contribution >= 0.6 is 0 Å². The van der Waals surface area contributed by atoms with Gasteiger partial charge in [0.1, 0.15) is 5.75 Å². The first-order valence-electron chi connectivity index (χ1n) is 6.64. The first-order chi connectivity index (χ1) is 9.65. The highest BCUT2D eigenvalue weighted by Gasteiger charge is 2.25. The minimum absolute atomic E-state index is 0.0519. The van der Waals surface area contributed by atoms with E-state index >= 15 is 0 Å². The Bertz CT molecular complexity index is 552. The summed E-state index contributed by atoms with van der Waals surface area (Å²) in [6.45, 7) is 4.00. The van der Waals surface area contributed by atoms with Gasteiger partial charge in [-0.1, -0.05) is 0 Å². The van der Waals surface area contributed by atoms with Gasteiger partial charge in [0.05, 0.1) is 18.9 Å². The van der Waals surface area contributed by atoms with Gasteiger partial charge in [0, 0.05) is 18.7 Å². The molecule has 0 aliphatic carbocycles. The number of fused-ring (bicyclic) bond motifs is 1. The van der Waals surface area contributed by atoms with E-state index in [1.165, 1.54) is 0 Å². The molecule has 6 heteroatoms. The van der Waals surface area contributed by atoms with Crippen molar-refractivity contribution in [1.29, 1.82) is 0 Å². The van der Waals surface area contributed by atoms with Crippen molar-refractivity contribution in [2.24, 2.45) is 0 Å². The molecule has 1 unspecified atom stereocenters. The minimum Gasteiger partial charge on any atom is -0.479 e. The number of amides is 2. The number of carbonyl (C=O) groups is 2. The first kappa shape index (κ1) is 12.9. The average Bonchev–Trinajstić information content (AvgIpc) is 2.48. The maximum atomic E-state index is 12.3. The molecule has 2 aliphatic heterocycles. The third-order valence-electron chi connectivity index (χ3n) is 3.46. The van der Waals surface area contributed by atoms with Gasteiger partial charge in [-0.05, 0) is 25.1 Å². The number of morpholine rings is 1. The molecule has 2 heterocycles. The number of nitrogens with one attached hydrogen (secondary N) is 1. The van der Waals surface area contributed by atoms with Gasteiger partial charge >= 0.3 is 0 Å². The van der Waals surface area contributed by atoms with Crippen LogP contribution in [0.2, 0.25) is 0 Å². The predicted molar refractivity (Wildman–Crippen MR) is 71.9 cm³/mol. The molecule has 6 nitrogen and oxygen atoms in total. The number of carbonyl (C=O) groups excluding carboxylic acids is 2. The summed E-state index contributed by atoms with van der Waals surface area (Å²) < 4.78 is 10.7. The van der Waals surface area contributed by atoms with E-state index in [1.807, 2.05) is 0 Å². The van der Waals surface area contributed by atoms with E-state index in [1.54, 1.807) is 30.0 Å². The number of ether oxygens (including phenoxy) is 2. The standard InChI is InChI=1S/C14H16N2O4/c1-9-13(17)15-11-8-10(2-3-12(11)20-9)14(18)16-4-6-19-7-5-16/h2-3,8-9H,4-7H2,1H3,(H,15,17). The van der Waals surface area contributed by atoms with E-state index in [2.05, 4.69) is 5.32 Å². The lowest BCUT2D eigenvalue weighted by atomic mass is 10.1. The van der Waals surface area contributed by atoms with Gasteiger partial charge in [-0.3, -0.25) is 9.59 Å². The SMILES string of the molecule is CC1Oc2ccc(C(=O)N3CCOCC3)cc2NC1=O. The van der Waals surface area contributed by atoms with E-state index in [-0.39, 0.29) is 11.8 Å². The summed E-state index contributed by atoms with van der Waals surface area (Å²) in [5, 5.41) is 2.75. The lowest BCUT2D eigenvalue weighted by Crippen LogP contribution is -2.40. The van der Waals surface area contributed by atoms with Crippen molar-refractivity contribution in [3.8, 4) is 5.75 Å². The fraction of sp³-hybridized carbons (Fsp3) is 0.429. The van der Waals surface area contributed by atoms with Crippen molar-refractivity contribution in [2.75, 3.05) is 31.6 Å². The summed E-state index contributed by atoms with van der Waals surface area (Å²) in [5.41, 5.74) is 1.09. The van der Waals surface area contributed by atoms with Gasteiger partial charge < -0.3 is 19.7 Å². The highest BCUT2D eigenvalue weighted by Crippen LogP contribution is 2.30. The summed E-state index contributed by atoms with van der Waals surface area (Å²) >= 11 is 0. The van der Waals surface area contributed by atoms with E-state index in [4.69, 9.17) is 9.47 Å². The third-order valence-corrected chi connectivity index (χ3v) is 3.46. The second-order valence-electron chi connectivity index (χ2n) is 4.86. The summed E-state index contributed by atoms with van der Waals surface area (Å²) in [5.74, 6) is 0.341. The van der Waals surface area contributed by atoms with Gasteiger partial charge in [-0.25, -0.2) is 0 Å². The average molecular weight is 276 g/mol. The maximum Gasteiger partial charge on any atom is 0.265 e. The van der Waals surface area contributed by atoms with E-state index in [0.29, 0.717) is 43.3 Å². The molecule has 2 amide bonds. The molecule has 1 fully saturated rings. The lowest BCUT2D eigenvalue weighted by Gasteiger charge is -2.28. The van der Waals surface area contributed by atoms with Crippen LogP contribution in [0.1, 0.15) is 17.3 Å². The Kier molecular flexibility index (Phi) is 3.31. The molecule has 0 bridgehead atoms. The molecule has 0 radical (unpaired) electrons. The van der Waals surface area contributed by atoms with E-state index < -0.39 is 6.10 Å². The Hall–Kier alpha value is -2.08. The molecule has 1 N–H and O–H groups in total. The topological polar surface area (TPSA) is 67.9 Å². The minimum atomic E-state index is -0.511. The summed E-state index contributed by atoms with van der Waals surface area (Å²) in [4.78, 5) is 25.7. The Morgan fingerprint density at radius 3 is 2.85 bits per heavy atom. The van der Waals surface area contributed by atoms with Gasteiger partial charge in [-0.15, -0.1) is 0 Å². The normalized spacial score (nSPS) is 21.8. The highest BCUT2D eigenvalue weighted by molar-refractivity contribution is 6.00. The second kappa shape index (κ2) is 5.13. The van der Waals surface area contributed by atoms with Crippen LogP contribution in [0.25, 0.3) is 0 Å².